The maximum absolute atomic E-state index is 12.6. The average Bonchev–Trinajstić information content (AvgIpc) is 3.42. The lowest BCUT2D eigenvalue weighted by Crippen LogP contribution is -2.43. The van der Waals surface area contributed by atoms with Crippen LogP contribution in [0.3, 0.4) is 0 Å². The summed E-state index contributed by atoms with van der Waals surface area (Å²) in [4.78, 5) is 37.0. The molecule has 7 heteroatoms. The first-order valence-corrected chi connectivity index (χ1v) is 9.40. The van der Waals surface area contributed by atoms with Crippen molar-refractivity contribution in [3.05, 3.63) is 36.0 Å². The van der Waals surface area contributed by atoms with Gasteiger partial charge in [-0.3, -0.25) is 9.36 Å². The van der Waals surface area contributed by atoms with Gasteiger partial charge in [0.05, 0.1) is 12.6 Å². The summed E-state index contributed by atoms with van der Waals surface area (Å²) in [6, 6.07) is 6.58. The quantitative estimate of drug-likeness (QED) is 0.798. The fraction of sp³-hybridized carbons (Fsp3) is 0.476. The van der Waals surface area contributed by atoms with Crippen molar-refractivity contribution in [3.63, 3.8) is 0 Å². The number of nitrogens with zero attached hydrogens (tertiary/aromatic N) is 1. The van der Waals surface area contributed by atoms with Crippen LogP contribution in [0.15, 0.2) is 30.5 Å². The maximum atomic E-state index is 12.6. The summed E-state index contributed by atoms with van der Waals surface area (Å²) in [7, 11) is 1.29. The molecule has 0 bridgehead atoms. The van der Waals surface area contributed by atoms with Gasteiger partial charge < -0.3 is 14.8 Å². The van der Waals surface area contributed by atoms with Gasteiger partial charge in [-0.15, -0.1) is 0 Å². The van der Waals surface area contributed by atoms with Crippen LogP contribution in [-0.4, -0.2) is 41.3 Å². The van der Waals surface area contributed by atoms with Crippen LogP contribution in [0.5, 0.6) is 0 Å². The first-order chi connectivity index (χ1) is 13.2. The molecule has 1 aromatic carbocycles. The van der Waals surface area contributed by atoms with Gasteiger partial charge in [-0.25, -0.2) is 9.59 Å². The first kappa shape index (κ1) is 19.9. The molecular formula is C21H26N2O5. The molecule has 1 saturated carbocycles. The SMILES string of the molecule is COC(=O)[C@@H](Cc1cn(C(=O)OC(C)(C)C)c2ccccc12)NC(=O)C1CC1. The summed E-state index contributed by atoms with van der Waals surface area (Å²) in [5.74, 6) is -0.662. The number of para-hydroxylation sites is 1. The van der Waals surface area contributed by atoms with E-state index in [1.165, 1.54) is 11.7 Å². The number of amides is 1. The van der Waals surface area contributed by atoms with Gasteiger partial charge in [-0.05, 0) is 45.2 Å². The Bertz CT molecular complexity index is 905. The number of carbonyl (C=O) groups is 3. The number of rotatable bonds is 5. The number of fused-ring (bicyclic) bond motifs is 1. The van der Waals surface area contributed by atoms with Gasteiger partial charge in [-0.2, -0.15) is 0 Å². The molecule has 1 aliphatic carbocycles. The molecule has 7 nitrogen and oxygen atoms in total. The van der Waals surface area contributed by atoms with Crippen LogP contribution in [0.1, 0.15) is 39.2 Å². The second-order valence-corrected chi connectivity index (χ2v) is 8.08. The maximum Gasteiger partial charge on any atom is 0.419 e. The van der Waals surface area contributed by atoms with E-state index in [2.05, 4.69) is 5.32 Å². The minimum Gasteiger partial charge on any atom is -0.467 e. The number of esters is 1. The van der Waals surface area contributed by atoms with Crippen LogP contribution >= 0.6 is 0 Å². The average molecular weight is 386 g/mol. The van der Waals surface area contributed by atoms with E-state index >= 15 is 0 Å². The van der Waals surface area contributed by atoms with E-state index in [1.807, 2.05) is 24.3 Å². The molecule has 0 aliphatic heterocycles. The summed E-state index contributed by atoms with van der Waals surface area (Å²) in [6.07, 6.45) is 3.08. The van der Waals surface area contributed by atoms with Gasteiger partial charge >= 0.3 is 12.1 Å². The summed E-state index contributed by atoms with van der Waals surface area (Å²) < 4.78 is 11.8. The Morgan fingerprint density at radius 2 is 1.89 bits per heavy atom. The van der Waals surface area contributed by atoms with Gasteiger partial charge in [0.2, 0.25) is 5.91 Å². The Morgan fingerprint density at radius 3 is 2.50 bits per heavy atom. The Balaban J connectivity index is 1.91. The Morgan fingerprint density at radius 1 is 1.21 bits per heavy atom. The lowest BCUT2D eigenvalue weighted by atomic mass is 10.0. The van der Waals surface area contributed by atoms with Gasteiger partial charge in [0, 0.05) is 23.9 Å². The summed E-state index contributed by atoms with van der Waals surface area (Å²) >= 11 is 0. The minimum atomic E-state index is -0.809. The summed E-state index contributed by atoms with van der Waals surface area (Å²) in [5, 5.41) is 3.60. The third kappa shape index (κ3) is 4.52. The molecule has 2 aromatic rings. The predicted molar refractivity (Wildman–Crippen MR) is 104 cm³/mol. The largest absolute Gasteiger partial charge is 0.467 e. The highest BCUT2D eigenvalue weighted by Crippen LogP contribution is 2.29. The number of benzene rings is 1. The molecule has 1 amide bonds. The van der Waals surface area contributed by atoms with Crippen molar-refractivity contribution in [1.82, 2.24) is 9.88 Å². The molecule has 0 unspecified atom stereocenters. The van der Waals surface area contributed by atoms with Crippen molar-refractivity contribution in [3.8, 4) is 0 Å². The van der Waals surface area contributed by atoms with E-state index in [9.17, 15) is 14.4 Å². The van der Waals surface area contributed by atoms with Crippen molar-refractivity contribution in [2.45, 2.75) is 51.7 Å². The Labute approximate surface area is 164 Å². The number of hydrogen-bond donors (Lipinski definition) is 1. The summed E-state index contributed by atoms with van der Waals surface area (Å²) in [5.41, 5.74) is 0.812. The molecule has 1 aromatic heterocycles. The second kappa shape index (κ2) is 7.66. The number of carbonyl (C=O) groups excluding carboxylic acids is 3. The van der Waals surface area contributed by atoms with Crippen molar-refractivity contribution in [1.29, 1.82) is 0 Å². The number of aromatic nitrogens is 1. The van der Waals surface area contributed by atoms with Crippen LogP contribution in [0.4, 0.5) is 4.79 Å². The van der Waals surface area contributed by atoms with E-state index in [-0.39, 0.29) is 18.2 Å². The minimum absolute atomic E-state index is 0.0183. The molecular weight excluding hydrogens is 360 g/mol. The molecule has 1 N–H and O–H groups in total. The zero-order chi connectivity index (χ0) is 20.5. The van der Waals surface area contributed by atoms with E-state index in [4.69, 9.17) is 9.47 Å². The van der Waals surface area contributed by atoms with Gasteiger partial charge in [-0.1, -0.05) is 18.2 Å². The zero-order valence-corrected chi connectivity index (χ0v) is 16.7. The molecule has 1 aliphatic rings. The van der Waals surface area contributed by atoms with Crippen LogP contribution in [0.2, 0.25) is 0 Å². The topological polar surface area (TPSA) is 86.6 Å². The van der Waals surface area contributed by atoms with Crippen LogP contribution in [-0.2, 0) is 25.5 Å². The second-order valence-electron chi connectivity index (χ2n) is 8.08. The molecule has 150 valence electrons. The monoisotopic (exact) mass is 386 g/mol. The smallest absolute Gasteiger partial charge is 0.419 e. The van der Waals surface area contributed by atoms with Crippen molar-refractivity contribution < 1.29 is 23.9 Å². The van der Waals surface area contributed by atoms with Gasteiger partial charge in [0.25, 0.3) is 0 Å². The molecule has 1 heterocycles. The summed E-state index contributed by atoms with van der Waals surface area (Å²) in [6.45, 7) is 5.41. The van der Waals surface area contributed by atoms with E-state index in [1.54, 1.807) is 27.0 Å². The number of nitrogens with one attached hydrogen (secondary N) is 1. The molecule has 0 spiro atoms. The van der Waals surface area contributed by atoms with Gasteiger partial charge in [0.15, 0.2) is 0 Å². The number of methoxy groups -OCH3 is 1. The number of hydrogen-bond acceptors (Lipinski definition) is 5. The predicted octanol–water partition coefficient (Wildman–Crippen LogP) is 3.03. The number of ether oxygens (including phenoxy) is 2. The van der Waals surface area contributed by atoms with E-state index in [0.29, 0.717) is 5.52 Å². The van der Waals surface area contributed by atoms with Crippen molar-refractivity contribution in [2.75, 3.05) is 7.11 Å². The van der Waals surface area contributed by atoms with Crippen molar-refractivity contribution in [2.24, 2.45) is 5.92 Å². The lowest BCUT2D eigenvalue weighted by molar-refractivity contribution is -0.145. The van der Waals surface area contributed by atoms with E-state index < -0.39 is 23.7 Å². The lowest BCUT2D eigenvalue weighted by Gasteiger charge is -2.19. The standard InChI is InChI=1S/C21H26N2O5/c1-21(2,3)28-20(26)23-12-14(15-7-5-6-8-17(15)23)11-16(19(25)27-4)22-18(24)13-9-10-13/h5-8,12-13,16H,9-11H2,1-4H3,(H,22,24)/t16-/m1/s1. The highest BCUT2D eigenvalue weighted by atomic mass is 16.6. The molecule has 3 rings (SSSR count). The Kier molecular flexibility index (Phi) is 5.45. The fourth-order valence-electron chi connectivity index (χ4n) is 3.07. The molecule has 0 radical (unpaired) electrons. The van der Waals surface area contributed by atoms with Crippen LogP contribution in [0, 0.1) is 5.92 Å². The first-order valence-electron chi connectivity index (χ1n) is 9.40. The third-order valence-electron chi connectivity index (χ3n) is 4.56. The fourth-order valence-corrected chi connectivity index (χ4v) is 3.07. The normalized spacial score (nSPS) is 15.1. The zero-order valence-electron chi connectivity index (χ0n) is 16.7. The van der Waals surface area contributed by atoms with E-state index in [0.717, 1.165) is 23.8 Å². The molecule has 0 saturated heterocycles. The molecule has 1 atom stereocenters. The van der Waals surface area contributed by atoms with Crippen LogP contribution in [0.25, 0.3) is 10.9 Å². The molecule has 1 fully saturated rings. The highest BCUT2D eigenvalue weighted by Gasteiger charge is 2.33. The van der Waals surface area contributed by atoms with Gasteiger partial charge in [0.1, 0.15) is 11.6 Å². The van der Waals surface area contributed by atoms with Crippen molar-refractivity contribution >= 4 is 28.9 Å². The van der Waals surface area contributed by atoms with Crippen LogP contribution < -0.4 is 5.32 Å². The highest BCUT2D eigenvalue weighted by molar-refractivity contribution is 5.93. The third-order valence-corrected chi connectivity index (χ3v) is 4.56. The molecule has 28 heavy (non-hydrogen) atoms. The Hall–Kier alpha value is -2.83.